The van der Waals surface area contributed by atoms with E-state index in [4.69, 9.17) is 0 Å². The van der Waals surface area contributed by atoms with Gasteiger partial charge in [-0.2, -0.15) is 0 Å². The van der Waals surface area contributed by atoms with E-state index in [0.29, 0.717) is 18.1 Å². The van der Waals surface area contributed by atoms with Gasteiger partial charge in [0.05, 0.1) is 11.6 Å². The Morgan fingerprint density at radius 2 is 1.58 bits per heavy atom. The van der Waals surface area contributed by atoms with Crippen molar-refractivity contribution in [1.29, 1.82) is 0 Å². The predicted octanol–water partition coefficient (Wildman–Crippen LogP) is 3.92. The molecule has 0 fully saturated rings. The van der Waals surface area contributed by atoms with Crippen molar-refractivity contribution in [1.82, 2.24) is 14.9 Å². The van der Waals surface area contributed by atoms with Gasteiger partial charge in [0.15, 0.2) is 0 Å². The van der Waals surface area contributed by atoms with E-state index in [1.54, 1.807) is 24.3 Å². The first kappa shape index (κ1) is 17.6. The van der Waals surface area contributed by atoms with Gasteiger partial charge in [0.2, 0.25) is 5.95 Å². The smallest absolute Gasteiger partial charge is 0.257 e. The predicted molar refractivity (Wildman–Crippen MR) is 103 cm³/mol. The molecular weight excluding hydrogens is 324 g/mol. The Balaban J connectivity index is 1.62. The fraction of sp³-hybridized carbons (Fsp3) is 0.190. The summed E-state index contributed by atoms with van der Waals surface area (Å²) in [4.78, 5) is 22.8. The number of amides is 1. The first-order valence-electron chi connectivity index (χ1n) is 8.56. The monoisotopic (exact) mass is 346 g/mol. The van der Waals surface area contributed by atoms with Crippen LogP contribution in [0.25, 0.3) is 0 Å². The molecule has 5 nitrogen and oxygen atoms in total. The average Bonchev–Trinajstić information content (AvgIpc) is 2.69. The van der Waals surface area contributed by atoms with E-state index in [1.807, 2.05) is 67.6 Å². The van der Waals surface area contributed by atoms with E-state index in [0.717, 1.165) is 11.1 Å². The third-order valence-electron chi connectivity index (χ3n) is 4.15. The van der Waals surface area contributed by atoms with Crippen molar-refractivity contribution in [3.8, 4) is 0 Å². The number of hydrogen-bond donors (Lipinski definition) is 1. The van der Waals surface area contributed by atoms with Gasteiger partial charge in [-0.25, -0.2) is 9.97 Å². The largest absolute Gasteiger partial charge is 0.348 e. The van der Waals surface area contributed by atoms with E-state index in [1.165, 1.54) is 0 Å². The number of carbonyl (C=O) groups excluding carboxylic acids is 1. The maximum absolute atomic E-state index is 12.5. The van der Waals surface area contributed by atoms with Gasteiger partial charge in [0, 0.05) is 26.0 Å². The summed E-state index contributed by atoms with van der Waals surface area (Å²) in [6.45, 7) is 2.59. The average molecular weight is 346 g/mol. The van der Waals surface area contributed by atoms with Gasteiger partial charge in [0.25, 0.3) is 5.91 Å². The van der Waals surface area contributed by atoms with Crippen LogP contribution >= 0.6 is 0 Å². The normalized spacial score (nSPS) is 11.6. The summed E-state index contributed by atoms with van der Waals surface area (Å²) in [5.41, 5.74) is 2.71. The van der Waals surface area contributed by atoms with Crippen molar-refractivity contribution in [2.45, 2.75) is 19.5 Å². The van der Waals surface area contributed by atoms with E-state index < -0.39 is 0 Å². The van der Waals surface area contributed by atoms with Crippen LogP contribution in [0, 0.1) is 0 Å². The van der Waals surface area contributed by atoms with Crippen molar-refractivity contribution >= 4 is 11.9 Å². The maximum Gasteiger partial charge on any atom is 0.257 e. The molecule has 1 atom stereocenters. The lowest BCUT2D eigenvalue weighted by molar-refractivity contribution is 0.0784. The SMILES string of the molecule is CC(Nc1ncc(C(=O)N(C)Cc2ccccc2)cn1)c1ccccc1. The zero-order valence-electron chi connectivity index (χ0n) is 15.0. The van der Waals surface area contributed by atoms with Crippen LogP contribution in [0.1, 0.15) is 34.5 Å². The summed E-state index contributed by atoms with van der Waals surface area (Å²) < 4.78 is 0. The van der Waals surface area contributed by atoms with Crippen LogP contribution in [0.4, 0.5) is 5.95 Å². The van der Waals surface area contributed by atoms with Crippen LogP contribution in [0.3, 0.4) is 0 Å². The van der Waals surface area contributed by atoms with Gasteiger partial charge >= 0.3 is 0 Å². The van der Waals surface area contributed by atoms with Gasteiger partial charge in [0.1, 0.15) is 0 Å². The van der Waals surface area contributed by atoms with Crippen LogP contribution in [0.15, 0.2) is 73.1 Å². The van der Waals surface area contributed by atoms with Crippen molar-refractivity contribution in [3.05, 3.63) is 89.7 Å². The first-order chi connectivity index (χ1) is 12.6. The van der Waals surface area contributed by atoms with Crippen molar-refractivity contribution in [2.75, 3.05) is 12.4 Å². The molecule has 3 aromatic rings. The van der Waals surface area contributed by atoms with Crippen molar-refractivity contribution in [2.24, 2.45) is 0 Å². The third kappa shape index (κ3) is 4.45. The zero-order chi connectivity index (χ0) is 18.4. The molecule has 26 heavy (non-hydrogen) atoms. The van der Waals surface area contributed by atoms with E-state index >= 15 is 0 Å². The fourth-order valence-electron chi connectivity index (χ4n) is 2.68. The highest BCUT2D eigenvalue weighted by Gasteiger charge is 2.14. The van der Waals surface area contributed by atoms with Gasteiger partial charge in [-0.3, -0.25) is 4.79 Å². The van der Waals surface area contributed by atoms with Crippen LogP contribution < -0.4 is 5.32 Å². The van der Waals surface area contributed by atoms with Crippen LogP contribution in [-0.2, 0) is 6.54 Å². The number of nitrogens with one attached hydrogen (secondary N) is 1. The highest BCUT2D eigenvalue weighted by molar-refractivity contribution is 5.93. The summed E-state index contributed by atoms with van der Waals surface area (Å²) >= 11 is 0. The number of benzene rings is 2. The summed E-state index contributed by atoms with van der Waals surface area (Å²) in [6, 6.07) is 20.0. The summed E-state index contributed by atoms with van der Waals surface area (Å²) in [5, 5.41) is 3.25. The molecule has 1 amide bonds. The lowest BCUT2D eigenvalue weighted by Gasteiger charge is -2.17. The molecule has 1 heterocycles. The molecule has 1 unspecified atom stereocenters. The maximum atomic E-state index is 12.5. The second kappa shape index (κ2) is 8.25. The van der Waals surface area contributed by atoms with Gasteiger partial charge in [-0.1, -0.05) is 60.7 Å². The Morgan fingerprint density at radius 1 is 1.00 bits per heavy atom. The van der Waals surface area contributed by atoms with E-state index in [2.05, 4.69) is 15.3 Å². The number of hydrogen-bond acceptors (Lipinski definition) is 4. The molecule has 0 aliphatic rings. The lowest BCUT2D eigenvalue weighted by atomic mass is 10.1. The summed E-state index contributed by atoms with van der Waals surface area (Å²) in [5.74, 6) is 0.403. The van der Waals surface area contributed by atoms with E-state index in [9.17, 15) is 4.79 Å². The Morgan fingerprint density at radius 3 is 2.19 bits per heavy atom. The molecule has 0 saturated carbocycles. The van der Waals surface area contributed by atoms with E-state index in [-0.39, 0.29) is 11.9 Å². The summed E-state index contributed by atoms with van der Waals surface area (Å²) in [6.07, 6.45) is 3.13. The molecular formula is C21H22N4O. The molecule has 0 spiro atoms. The fourth-order valence-corrected chi connectivity index (χ4v) is 2.68. The second-order valence-electron chi connectivity index (χ2n) is 6.22. The van der Waals surface area contributed by atoms with Crippen molar-refractivity contribution in [3.63, 3.8) is 0 Å². The molecule has 0 radical (unpaired) electrons. The molecule has 5 heteroatoms. The summed E-state index contributed by atoms with van der Waals surface area (Å²) in [7, 11) is 1.78. The van der Waals surface area contributed by atoms with Crippen LogP contribution in [-0.4, -0.2) is 27.8 Å². The molecule has 0 aliphatic carbocycles. The highest BCUT2D eigenvalue weighted by atomic mass is 16.2. The van der Waals surface area contributed by atoms with Gasteiger partial charge < -0.3 is 10.2 Å². The number of rotatable bonds is 6. The Kier molecular flexibility index (Phi) is 5.59. The highest BCUT2D eigenvalue weighted by Crippen LogP contribution is 2.16. The number of carbonyl (C=O) groups is 1. The minimum absolute atomic E-state index is 0.0819. The minimum Gasteiger partial charge on any atom is -0.348 e. The molecule has 2 aromatic carbocycles. The number of nitrogens with zero attached hydrogens (tertiary/aromatic N) is 3. The molecule has 0 saturated heterocycles. The third-order valence-corrected chi connectivity index (χ3v) is 4.15. The first-order valence-corrected chi connectivity index (χ1v) is 8.56. The Bertz CT molecular complexity index is 835. The second-order valence-corrected chi connectivity index (χ2v) is 6.22. The Labute approximate surface area is 153 Å². The standard InChI is InChI=1S/C21H22N4O/c1-16(18-11-7-4-8-12-18)24-21-22-13-19(14-23-21)20(26)25(2)15-17-9-5-3-6-10-17/h3-14,16H,15H2,1-2H3,(H,22,23,24). The van der Waals surface area contributed by atoms with Crippen molar-refractivity contribution < 1.29 is 4.79 Å². The Hall–Kier alpha value is -3.21. The number of aromatic nitrogens is 2. The molecule has 1 aromatic heterocycles. The lowest BCUT2D eigenvalue weighted by Crippen LogP contribution is -2.26. The topological polar surface area (TPSA) is 58.1 Å². The zero-order valence-corrected chi connectivity index (χ0v) is 15.0. The number of anilines is 1. The minimum atomic E-state index is -0.100. The molecule has 3 rings (SSSR count). The van der Waals surface area contributed by atoms with Gasteiger partial charge in [-0.05, 0) is 18.1 Å². The van der Waals surface area contributed by atoms with Crippen LogP contribution in [0.5, 0.6) is 0 Å². The van der Waals surface area contributed by atoms with Gasteiger partial charge in [-0.15, -0.1) is 0 Å². The molecule has 0 aliphatic heterocycles. The molecule has 132 valence electrons. The quantitative estimate of drug-likeness (QED) is 0.735. The van der Waals surface area contributed by atoms with Crippen LogP contribution in [0.2, 0.25) is 0 Å². The molecule has 1 N–H and O–H groups in total. The molecule has 0 bridgehead atoms.